The zero-order valence-corrected chi connectivity index (χ0v) is 11.6. The van der Waals surface area contributed by atoms with Crippen LogP contribution in [0, 0.1) is 0 Å². The number of carboxylic acids is 1. The van der Waals surface area contributed by atoms with Gasteiger partial charge in [-0.2, -0.15) is 0 Å². The van der Waals surface area contributed by atoms with E-state index in [0.29, 0.717) is 21.7 Å². The fourth-order valence-corrected chi connectivity index (χ4v) is 2.67. The van der Waals surface area contributed by atoms with Gasteiger partial charge in [0.1, 0.15) is 12.0 Å². The average Bonchev–Trinajstić information content (AvgIpc) is 2.47. The van der Waals surface area contributed by atoms with Crippen molar-refractivity contribution in [3.05, 3.63) is 70.2 Å². The molecule has 0 aliphatic carbocycles. The van der Waals surface area contributed by atoms with Crippen LogP contribution in [-0.2, 0) is 9.53 Å². The first kappa shape index (κ1) is 13.6. The minimum Gasteiger partial charge on any atom is -0.481 e. The topological polar surface area (TPSA) is 63.6 Å². The molecule has 0 spiro atoms. The molecule has 0 fully saturated rings. The third-order valence-corrected chi connectivity index (χ3v) is 3.77. The van der Waals surface area contributed by atoms with Gasteiger partial charge < -0.3 is 9.84 Å². The van der Waals surface area contributed by atoms with Crippen LogP contribution in [0.3, 0.4) is 0 Å². The normalized spacial score (nSPS) is 20.5. The number of hydrogen-bond acceptors (Lipinski definition) is 3. The summed E-state index contributed by atoms with van der Waals surface area (Å²) in [5, 5.41) is 10.1. The van der Waals surface area contributed by atoms with Crippen LogP contribution in [0.1, 0.15) is 33.5 Å². The zero-order chi connectivity index (χ0) is 15.0. The van der Waals surface area contributed by atoms with E-state index in [1.54, 1.807) is 48.5 Å². The molecular weight excluding hydrogens is 292 g/mol. The van der Waals surface area contributed by atoms with E-state index in [1.165, 1.54) is 0 Å². The summed E-state index contributed by atoms with van der Waals surface area (Å²) < 4.78 is 5.35. The highest BCUT2D eigenvalue weighted by molar-refractivity contribution is 6.30. The van der Waals surface area contributed by atoms with E-state index in [0.717, 1.165) is 0 Å². The van der Waals surface area contributed by atoms with Crippen LogP contribution >= 0.6 is 11.6 Å². The number of halogens is 1. The summed E-state index contributed by atoms with van der Waals surface area (Å²) in [5.74, 6) is -2.47. The second kappa shape index (κ2) is 5.22. The maximum Gasteiger partial charge on any atom is 0.339 e. The lowest BCUT2D eigenvalue weighted by atomic mass is 9.84. The zero-order valence-electron chi connectivity index (χ0n) is 10.8. The summed E-state index contributed by atoms with van der Waals surface area (Å²) >= 11 is 5.84. The Morgan fingerprint density at radius 2 is 1.76 bits per heavy atom. The Kier molecular flexibility index (Phi) is 3.39. The Bertz CT molecular complexity index is 708. The van der Waals surface area contributed by atoms with Gasteiger partial charge in [0.05, 0.1) is 5.56 Å². The molecule has 5 heteroatoms. The highest BCUT2D eigenvalue weighted by atomic mass is 35.5. The van der Waals surface area contributed by atoms with Gasteiger partial charge in [0.25, 0.3) is 0 Å². The summed E-state index contributed by atoms with van der Waals surface area (Å²) in [6.07, 6.45) is -0.859. The number of carbonyl (C=O) groups is 2. The largest absolute Gasteiger partial charge is 0.481 e. The third-order valence-electron chi connectivity index (χ3n) is 3.52. The van der Waals surface area contributed by atoms with Gasteiger partial charge in [-0.1, -0.05) is 41.9 Å². The minimum absolute atomic E-state index is 0.301. The molecule has 1 aliphatic heterocycles. The van der Waals surface area contributed by atoms with Crippen molar-refractivity contribution in [1.29, 1.82) is 0 Å². The second-order valence-corrected chi connectivity index (χ2v) is 5.22. The fraction of sp³-hybridized carbons (Fsp3) is 0.125. The second-order valence-electron chi connectivity index (χ2n) is 4.78. The van der Waals surface area contributed by atoms with Gasteiger partial charge in [-0.15, -0.1) is 0 Å². The molecule has 1 aliphatic rings. The lowest BCUT2D eigenvalue weighted by Crippen LogP contribution is -2.31. The molecule has 2 aromatic rings. The molecule has 0 saturated heterocycles. The van der Waals surface area contributed by atoms with Crippen molar-refractivity contribution >= 4 is 23.5 Å². The number of carboxylic acid groups (broad SMARTS) is 1. The third kappa shape index (κ3) is 2.38. The summed E-state index contributed by atoms with van der Waals surface area (Å²) in [4.78, 5) is 23.7. The predicted octanol–water partition coefficient (Wildman–Crippen LogP) is 3.42. The highest BCUT2D eigenvalue weighted by Gasteiger charge is 2.40. The molecule has 106 valence electrons. The molecule has 1 heterocycles. The number of ether oxygens (including phenoxy) is 1. The number of esters is 1. The van der Waals surface area contributed by atoms with Crippen molar-refractivity contribution in [2.45, 2.75) is 12.0 Å². The predicted molar refractivity (Wildman–Crippen MR) is 76.4 cm³/mol. The standard InChI is InChI=1S/C16H11ClO4/c17-10-7-5-9(6-8-10)14-13(15(18)19)11-3-1-2-4-12(11)16(20)21-14/h1-8,13-14H,(H,18,19). The molecule has 4 nitrogen and oxygen atoms in total. The number of fused-ring (bicyclic) bond motifs is 1. The Morgan fingerprint density at radius 1 is 1.10 bits per heavy atom. The van der Waals surface area contributed by atoms with Crippen molar-refractivity contribution in [1.82, 2.24) is 0 Å². The Hall–Kier alpha value is -2.33. The van der Waals surface area contributed by atoms with Crippen molar-refractivity contribution < 1.29 is 19.4 Å². The summed E-state index contributed by atoms with van der Waals surface area (Å²) in [5.41, 5.74) is 1.38. The van der Waals surface area contributed by atoms with Crippen LogP contribution in [0.4, 0.5) is 0 Å². The van der Waals surface area contributed by atoms with Crippen molar-refractivity contribution in [2.24, 2.45) is 0 Å². The van der Waals surface area contributed by atoms with Gasteiger partial charge in [-0.25, -0.2) is 4.79 Å². The first-order valence-corrected chi connectivity index (χ1v) is 6.74. The molecule has 2 unspecified atom stereocenters. The van der Waals surface area contributed by atoms with Gasteiger partial charge in [0.15, 0.2) is 0 Å². The molecule has 21 heavy (non-hydrogen) atoms. The van der Waals surface area contributed by atoms with Gasteiger partial charge >= 0.3 is 11.9 Å². The Morgan fingerprint density at radius 3 is 2.43 bits per heavy atom. The molecule has 0 radical (unpaired) electrons. The molecule has 2 aromatic carbocycles. The molecule has 2 atom stereocenters. The van der Waals surface area contributed by atoms with E-state index >= 15 is 0 Å². The van der Waals surface area contributed by atoms with Gasteiger partial charge in [0, 0.05) is 5.02 Å². The van der Waals surface area contributed by atoms with Gasteiger partial charge in [-0.3, -0.25) is 4.79 Å². The lowest BCUT2D eigenvalue weighted by molar-refractivity contribution is -0.142. The van der Waals surface area contributed by atoms with E-state index < -0.39 is 24.0 Å². The smallest absolute Gasteiger partial charge is 0.339 e. The maximum atomic E-state index is 12.1. The number of rotatable bonds is 2. The van der Waals surface area contributed by atoms with Crippen LogP contribution in [-0.4, -0.2) is 17.0 Å². The first-order chi connectivity index (χ1) is 10.1. The summed E-state index contributed by atoms with van der Waals surface area (Å²) in [6, 6.07) is 13.2. The number of aliphatic carboxylic acids is 1. The van der Waals surface area contributed by atoms with Crippen molar-refractivity contribution in [3.63, 3.8) is 0 Å². The number of hydrogen-bond donors (Lipinski definition) is 1. The van der Waals surface area contributed by atoms with E-state index in [-0.39, 0.29) is 0 Å². The Labute approximate surface area is 125 Å². The monoisotopic (exact) mass is 302 g/mol. The van der Waals surface area contributed by atoms with Crippen LogP contribution in [0.25, 0.3) is 0 Å². The summed E-state index contributed by atoms with van der Waals surface area (Å²) in [6.45, 7) is 0. The van der Waals surface area contributed by atoms with Crippen molar-refractivity contribution in [3.8, 4) is 0 Å². The van der Waals surface area contributed by atoms with Crippen LogP contribution in [0.5, 0.6) is 0 Å². The molecular formula is C16H11ClO4. The quantitative estimate of drug-likeness (QED) is 0.863. The maximum absolute atomic E-state index is 12.1. The van der Waals surface area contributed by atoms with E-state index in [1.807, 2.05) is 0 Å². The van der Waals surface area contributed by atoms with Gasteiger partial charge in [0.2, 0.25) is 0 Å². The average molecular weight is 303 g/mol. The van der Waals surface area contributed by atoms with Crippen LogP contribution in [0.2, 0.25) is 5.02 Å². The van der Waals surface area contributed by atoms with E-state index in [2.05, 4.69) is 0 Å². The lowest BCUT2D eigenvalue weighted by Gasteiger charge is -2.30. The van der Waals surface area contributed by atoms with Crippen molar-refractivity contribution in [2.75, 3.05) is 0 Å². The SMILES string of the molecule is O=C1OC(c2ccc(Cl)cc2)C(C(=O)O)c2ccccc21. The highest BCUT2D eigenvalue weighted by Crippen LogP contribution is 2.40. The Balaban J connectivity index is 2.11. The van der Waals surface area contributed by atoms with Crippen LogP contribution in [0.15, 0.2) is 48.5 Å². The molecule has 0 amide bonds. The number of carbonyl (C=O) groups excluding carboxylic acids is 1. The fourth-order valence-electron chi connectivity index (χ4n) is 2.54. The first-order valence-electron chi connectivity index (χ1n) is 6.36. The van der Waals surface area contributed by atoms with Crippen LogP contribution < -0.4 is 0 Å². The van der Waals surface area contributed by atoms with E-state index in [4.69, 9.17) is 16.3 Å². The molecule has 3 rings (SSSR count). The molecule has 0 bridgehead atoms. The minimum atomic E-state index is -1.03. The molecule has 0 aromatic heterocycles. The number of benzene rings is 2. The summed E-state index contributed by atoms with van der Waals surface area (Å²) in [7, 11) is 0. The van der Waals surface area contributed by atoms with E-state index in [9.17, 15) is 14.7 Å². The molecule has 1 N–H and O–H groups in total. The number of cyclic esters (lactones) is 1. The molecule has 0 saturated carbocycles. The van der Waals surface area contributed by atoms with Gasteiger partial charge in [-0.05, 0) is 29.3 Å².